The summed E-state index contributed by atoms with van der Waals surface area (Å²) in [6.45, 7) is 0. The molecule has 0 N–H and O–H groups in total. The molecule has 12 aromatic rings. The van der Waals surface area contributed by atoms with Gasteiger partial charge in [-0.25, -0.2) is 4.98 Å². The molecule has 3 aromatic heterocycles. The van der Waals surface area contributed by atoms with Crippen LogP contribution in [0.15, 0.2) is 206 Å². The molecule has 280 valence electrons. The molecule has 0 unspecified atom stereocenters. The van der Waals surface area contributed by atoms with E-state index >= 15 is 0 Å². The van der Waals surface area contributed by atoms with Crippen LogP contribution >= 0.6 is 11.3 Å². The van der Waals surface area contributed by atoms with Gasteiger partial charge in [0, 0.05) is 53.0 Å². The van der Waals surface area contributed by atoms with Crippen LogP contribution in [-0.2, 0) is 0 Å². The summed E-state index contributed by atoms with van der Waals surface area (Å²) < 4.78 is 4.85. The molecule has 0 spiro atoms. The number of nitrogens with zero attached hydrogens (tertiary/aromatic N) is 4. The van der Waals surface area contributed by atoms with Gasteiger partial charge < -0.3 is 0 Å². The fraction of sp³-hybridized carbons (Fsp3) is 0. The van der Waals surface area contributed by atoms with Crippen molar-refractivity contribution in [3.63, 3.8) is 0 Å². The normalized spacial score (nSPS) is 11.7. The van der Waals surface area contributed by atoms with Gasteiger partial charge in [-0.1, -0.05) is 194 Å². The van der Waals surface area contributed by atoms with Crippen LogP contribution in [0.3, 0.4) is 0 Å². The summed E-state index contributed by atoms with van der Waals surface area (Å²) >= 11 is 1.84. The van der Waals surface area contributed by atoms with Crippen LogP contribution in [0.25, 0.3) is 115 Å². The zero-order chi connectivity index (χ0) is 39.6. The fourth-order valence-corrected chi connectivity index (χ4v) is 9.91. The Labute approximate surface area is 350 Å². The summed E-state index contributed by atoms with van der Waals surface area (Å²) in [6.07, 6.45) is 0. The zero-order valence-electron chi connectivity index (χ0n) is 32.3. The third-order valence-corrected chi connectivity index (χ3v) is 12.8. The van der Waals surface area contributed by atoms with Gasteiger partial charge in [0.25, 0.3) is 0 Å². The minimum absolute atomic E-state index is 0.570. The average Bonchev–Trinajstić information content (AvgIpc) is 3.88. The van der Waals surface area contributed by atoms with E-state index < -0.39 is 0 Å². The Bertz CT molecular complexity index is 3470. The van der Waals surface area contributed by atoms with Crippen LogP contribution in [0.5, 0.6) is 0 Å². The lowest BCUT2D eigenvalue weighted by atomic mass is 10.00. The first kappa shape index (κ1) is 34.3. The number of para-hydroxylation sites is 1. The molecule has 0 fully saturated rings. The number of benzene rings is 9. The highest BCUT2D eigenvalue weighted by atomic mass is 32.1. The highest BCUT2D eigenvalue weighted by Gasteiger charge is 2.22. The number of hydrogen-bond acceptors (Lipinski definition) is 4. The first-order valence-electron chi connectivity index (χ1n) is 20.2. The first-order chi connectivity index (χ1) is 29.7. The van der Waals surface area contributed by atoms with Crippen molar-refractivity contribution in [3.05, 3.63) is 206 Å². The SMILES string of the molecule is c1ccc(-c2ccc(-c3nc(-c4ccc(-c5ccccc5)cc4)nc(-n4c5c(-c6ccc7c(c6)sc6ccccc67)cccc5c5ccc6ccccc6c54)n3)cc2)cc1. The molecule has 9 aromatic carbocycles. The standard InChI is InChI=1S/C55H34N4S/c1-3-12-35(13-4-1)37-22-26-40(27-23-37)53-56-54(41-28-24-38(25-29-41)36-14-5-2-6-15-36)58-55(57-53)59-51-43-17-8-7-16-39(43)30-33-48(51)47-20-11-19-44(52(47)59)42-31-32-46-45-18-9-10-21-49(45)60-50(46)34-42/h1-34H. The molecular formula is C55H34N4S. The molecule has 0 aliphatic carbocycles. The second-order valence-electron chi connectivity index (χ2n) is 15.2. The predicted molar refractivity (Wildman–Crippen MR) is 252 cm³/mol. The summed E-state index contributed by atoms with van der Waals surface area (Å²) in [4.78, 5) is 16.0. The second-order valence-corrected chi connectivity index (χ2v) is 16.3. The summed E-state index contributed by atoms with van der Waals surface area (Å²) in [6, 6.07) is 73.3. The Hall–Kier alpha value is -7.73. The van der Waals surface area contributed by atoms with Crippen molar-refractivity contribution in [1.82, 2.24) is 19.5 Å². The van der Waals surface area contributed by atoms with Crippen molar-refractivity contribution in [1.29, 1.82) is 0 Å². The van der Waals surface area contributed by atoms with Crippen LogP contribution in [0.4, 0.5) is 0 Å². The van der Waals surface area contributed by atoms with Gasteiger partial charge in [-0.05, 0) is 45.3 Å². The molecule has 0 bridgehead atoms. The lowest BCUT2D eigenvalue weighted by Crippen LogP contribution is -2.07. The number of hydrogen-bond donors (Lipinski definition) is 0. The first-order valence-corrected chi connectivity index (χ1v) is 21.0. The summed E-state index contributed by atoms with van der Waals surface area (Å²) in [7, 11) is 0. The van der Waals surface area contributed by atoms with Crippen molar-refractivity contribution in [2.45, 2.75) is 0 Å². The monoisotopic (exact) mass is 782 g/mol. The van der Waals surface area contributed by atoms with E-state index in [1.165, 1.54) is 20.2 Å². The molecule has 0 amide bonds. The average molecular weight is 783 g/mol. The Morgan fingerprint density at radius 1 is 0.317 bits per heavy atom. The topological polar surface area (TPSA) is 43.6 Å². The van der Waals surface area contributed by atoms with E-state index in [-0.39, 0.29) is 0 Å². The maximum Gasteiger partial charge on any atom is 0.238 e. The van der Waals surface area contributed by atoms with E-state index in [1.54, 1.807) is 0 Å². The summed E-state index contributed by atoms with van der Waals surface area (Å²) in [5.41, 5.74) is 10.8. The van der Waals surface area contributed by atoms with E-state index in [0.29, 0.717) is 17.6 Å². The molecule has 4 nitrogen and oxygen atoms in total. The molecule has 0 saturated carbocycles. The van der Waals surface area contributed by atoms with Crippen LogP contribution < -0.4 is 0 Å². The minimum atomic E-state index is 0.570. The Morgan fingerprint density at radius 3 is 1.50 bits per heavy atom. The Balaban J connectivity index is 1.13. The van der Waals surface area contributed by atoms with E-state index in [9.17, 15) is 0 Å². The summed E-state index contributed by atoms with van der Waals surface area (Å²) in [5.74, 6) is 1.79. The van der Waals surface area contributed by atoms with Crippen LogP contribution in [0.2, 0.25) is 0 Å². The van der Waals surface area contributed by atoms with Gasteiger partial charge in [-0.15, -0.1) is 11.3 Å². The molecule has 5 heteroatoms. The largest absolute Gasteiger partial charge is 0.277 e. The lowest BCUT2D eigenvalue weighted by Gasteiger charge is -2.14. The van der Waals surface area contributed by atoms with Gasteiger partial charge in [0.2, 0.25) is 5.95 Å². The van der Waals surface area contributed by atoms with Gasteiger partial charge in [0.15, 0.2) is 11.6 Å². The second kappa shape index (κ2) is 14.0. The molecule has 0 aliphatic heterocycles. The highest BCUT2D eigenvalue weighted by Crippen LogP contribution is 2.43. The van der Waals surface area contributed by atoms with Gasteiger partial charge in [-0.2, -0.15) is 9.97 Å². The van der Waals surface area contributed by atoms with Gasteiger partial charge in [0.1, 0.15) is 0 Å². The van der Waals surface area contributed by atoms with E-state index in [1.807, 2.05) is 23.5 Å². The van der Waals surface area contributed by atoms with Gasteiger partial charge in [0.05, 0.1) is 11.0 Å². The molecule has 60 heavy (non-hydrogen) atoms. The fourth-order valence-electron chi connectivity index (χ4n) is 8.76. The molecule has 0 atom stereocenters. The van der Waals surface area contributed by atoms with E-state index in [2.05, 4.69) is 199 Å². The predicted octanol–water partition coefficient (Wildman–Crippen LogP) is 14.8. The number of rotatable bonds is 6. The van der Waals surface area contributed by atoms with Crippen LogP contribution in [0.1, 0.15) is 0 Å². The summed E-state index contributed by atoms with van der Waals surface area (Å²) in [5, 5.41) is 7.16. The van der Waals surface area contributed by atoms with Crippen molar-refractivity contribution in [2.24, 2.45) is 0 Å². The van der Waals surface area contributed by atoms with Gasteiger partial charge in [-0.3, -0.25) is 4.57 Å². The lowest BCUT2D eigenvalue weighted by molar-refractivity contribution is 0.955. The molecule has 0 aliphatic rings. The van der Waals surface area contributed by atoms with Crippen molar-refractivity contribution < 1.29 is 0 Å². The maximum absolute atomic E-state index is 5.40. The quantitative estimate of drug-likeness (QED) is 0.169. The van der Waals surface area contributed by atoms with Crippen molar-refractivity contribution in [2.75, 3.05) is 0 Å². The number of aromatic nitrogens is 4. The molecule has 12 rings (SSSR count). The van der Waals surface area contributed by atoms with E-state index in [0.717, 1.165) is 77.1 Å². The third-order valence-electron chi connectivity index (χ3n) is 11.7. The van der Waals surface area contributed by atoms with E-state index in [4.69, 9.17) is 15.0 Å². The maximum atomic E-state index is 5.40. The molecule has 3 heterocycles. The molecule has 0 radical (unpaired) electrons. The van der Waals surface area contributed by atoms with Crippen molar-refractivity contribution in [3.8, 4) is 62.1 Å². The Morgan fingerprint density at radius 2 is 0.817 bits per heavy atom. The Kier molecular flexibility index (Phi) is 8.00. The minimum Gasteiger partial charge on any atom is -0.277 e. The zero-order valence-corrected chi connectivity index (χ0v) is 33.1. The third kappa shape index (κ3) is 5.70. The van der Waals surface area contributed by atoms with Crippen LogP contribution in [0, 0.1) is 0 Å². The van der Waals surface area contributed by atoms with Crippen LogP contribution in [-0.4, -0.2) is 19.5 Å². The van der Waals surface area contributed by atoms with Gasteiger partial charge >= 0.3 is 0 Å². The highest BCUT2D eigenvalue weighted by molar-refractivity contribution is 7.25. The number of thiophene rings is 1. The molecular weight excluding hydrogens is 749 g/mol. The molecule has 0 saturated heterocycles. The smallest absolute Gasteiger partial charge is 0.238 e. The number of fused-ring (bicyclic) bond motifs is 8. The van der Waals surface area contributed by atoms with Crippen molar-refractivity contribution >= 4 is 64.1 Å².